The molecule has 6 nitrogen and oxygen atoms in total. The molecule has 3 heterocycles. The Morgan fingerprint density at radius 1 is 1.11 bits per heavy atom. The summed E-state index contributed by atoms with van der Waals surface area (Å²) >= 11 is 6.28. The minimum atomic E-state index is -4.74. The summed E-state index contributed by atoms with van der Waals surface area (Å²) in [7, 11) is -4.74. The number of anilines is 2. The first-order valence-electron chi connectivity index (χ1n) is 11.7. The molecule has 2 aromatic rings. The van der Waals surface area contributed by atoms with Crippen molar-refractivity contribution in [3.05, 3.63) is 46.9 Å². The molecular weight excluding hydrogens is 501 g/mol. The van der Waals surface area contributed by atoms with Crippen LogP contribution < -0.4 is 9.62 Å². The van der Waals surface area contributed by atoms with Crippen molar-refractivity contribution in [1.82, 2.24) is 9.88 Å². The number of pyridine rings is 1. The molecule has 1 N–H and O–H groups in total. The number of sulfonamides is 1. The summed E-state index contributed by atoms with van der Waals surface area (Å²) in [6.07, 6.45) is 4.20. The molecule has 1 unspecified atom stereocenters. The molecule has 1 saturated carbocycles. The SMILES string of the molecule is CC1(C)CCN(C2CC[C@@]23CCN(c2cc(F)c(S(=O)(=O)Nc4cccc(F)n4)c(F)c2Cl)C3)C1. The molecule has 1 spiro atoms. The van der Waals surface area contributed by atoms with Crippen molar-refractivity contribution in [2.45, 2.75) is 50.5 Å². The highest BCUT2D eigenvalue weighted by Crippen LogP contribution is 2.54. The standard InChI is InChI=1S/C24H28ClF3N4O2S/c1-23(2)8-10-32(13-23)17-6-7-24(17)9-11-31(14-24)16-12-15(26)22(21(28)20(16)25)35(33,34)30-19-5-3-4-18(27)29-19/h3-5,12,17H,6-11,13-14H2,1-2H3,(H,29,30)/t17?,24-/m0/s1. The molecule has 35 heavy (non-hydrogen) atoms. The van der Waals surface area contributed by atoms with Gasteiger partial charge in [-0.2, -0.15) is 4.39 Å². The lowest BCUT2D eigenvalue weighted by Crippen LogP contribution is -2.56. The van der Waals surface area contributed by atoms with Crippen molar-refractivity contribution in [3.8, 4) is 0 Å². The van der Waals surface area contributed by atoms with Gasteiger partial charge >= 0.3 is 0 Å². The van der Waals surface area contributed by atoms with Gasteiger partial charge in [0, 0.05) is 37.2 Å². The maximum atomic E-state index is 15.2. The molecule has 2 saturated heterocycles. The van der Waals surface area contributed by atoms with Gasteiger partial charge in [0.2, 0.25) is 5.95 Å². The minimum Gasteiger partial charge on any atom is -0.370 e. The molecule has 0 radical (unpaired) electrons. The number of hydrogen-bond donors (Lipinski definition) is 1. The molecule has 3 aliphatic rings. The van der Waals surface area contributed by atoms with Crippen molar-refractivity contribution >= 4 is 33.1 Å². The van der Waals surface area contributed by atoms with Crippen LogP contribution in [-0.2, 0) is 10.0 Å². The van der Waals surface area contributed by atoms with Crippen molar-refractivity contribution < 1.29 is 21.6 Å². The molecule has 0 amide bonds. The van der Waals surface area contributed by atoms with Crippen LogP contribution in [0.4, 0.5) is 24.7 Å². The van der Waals surface area contributed by atoms with Gasteiger partial charge in [0.25, 0.3) is 10.0 Å². The molecule has 2 aliphatic heterocycles. The molecule has 0 bridgehead atoms. The lowest BCUT2D eigenvalue weighted by atomic mass is 9.63. The molecule has 1 aliphatic carbocycles. The molecule has 5 rings (SSSR count). The van der Waals surface area contributed by atoms with Crippen LogP contribution in [0.15, 0.2) is 29.2 Å². The summed E-state index contributed by atoms with van der Waals surface area (Å²) < 4.78 is 71.0. The summed E-state index contributed by atoms with van der Waals surface area (Å²) in [5, 5.41) is -0.450. The Hall–Kier alpha value is -2.04. The van der Waals surface area contributed by atoms with Crippen molar-refractivity contribution in [2.75, 3.05) is 35.8 Å². The van der Waals surface area contributed by atoms with Gasteiger partial charge < -0.3 is 4.90 Å². The van der Waals surface area contributed by atoms with Gasteiger partial charge in [-0.15, -0.1) is 0 Å². The first kappa shape index (κ1) is 24.6. The largest absolute Gasteiger partial charge is 0.370 e. The quantitative estimate of drug-likeness (QED) is 0.435. The fourth-order valence-corrected chi connectivity index (χ4v) is 7.41. The van der Waals surface area contributed by atoms with E-state index in [1.807, 2.05) is 9.62 Å². The zero-order chi connectivity index (χ0) is 25.2. The van der Waals surface area contributed by atoms with Gasteiger partial charge in [-0.25, -0.2) is 22.2 Å². The van der Waals surface area contributed by atoms with Crippen LogP contribution in [0.2, 0.25) is 5.02 Å². The van der Waals surface area contributed by atoms with E-state index in [-0.39, 0.29) is 11.1 Å². The van der Waals surface area contributed by atoms with E-state index in [0.29, 0.717) is 24.5 Å². The molecule has 1 aromatic carbocycles. The summed E-state index contributed by atoms with van der Waals surface area (Å²) in [6.45, 7) is 7.86. The van der Waals surface area contributed by atoms with Crippen LogP contribution >= 0.6 is 11.6 Å². The highest BCUT2D eigenvalue weighted by molar-refractivity contribution is 7.92. The van der Waals surface area contributed by atoms with Crippen molar-refractivity contribution in [2.24, 2.45) is 10.8 Å². The molecule has 3 fully saturated rings. The van der Waals surface area contributed by atoms with Gasteiger partial charge in [0.05, 0.1) is 5.69 Å². The Morgan fingerprint density at radius 3 is 2.51 bits per heavy atom. The normalized spacial score (nSPS) is 26.3. The fourth-order valence-electron chi connectivity index (χ4n) is 5.95. The second-order valence-corrected chi connectivity index (χ2v) is 12.8. The van der Waals surface area contributed by atoms with Crippen LogP contribution in [0.5, 0.6) is 0 Å². The van der Waals surface area contributed by atoms with E-state index < -0.39 is 43.3 Å². The molecule has 2 atom stereocenters. The predicted octanol–water partition coefficient (Wildman–Crippen LogP) is 5.04. The summed E-state index contributed by atoms with van der Waals surface area (Å²) in [5.41, 5.74) is 0.487. The van der Waals surface area contributed by atoms with Gasteiger partial charge in [0.1, 0.15) is 16.7 Å². The summed E-state index contributed by atoms with van der Waals surface area (Å²) in [6, 6.07) is 4.83. The van der Waals surface area contributed by atoms with Crippen LogP contribution in [-0.4, -0.2) is 50.5 Å². The van der Waals surface area contributed by atoms with Crippen LogP contribution in [0.3, 0.4) is 0 Å². The van der Waals surface area contributed by atoms with Crippen molar-refractivity contribution in [1.29, 1.82) is 0 Å². The Labute approximate surface area is 208 Å². The van der Waals surface area contributed by atoms with Gasteiger partial charge in [-0.1, -0.05) is 31.5 Å². The van der Waals surface area contributed by atoms with Crippen molar-refractivity contribution in [3.63, 3.8) is 0 Å². The van der Waals surface area contributed by atoms with E-state index >= 15 is 8.78 Å². The average molecular weight is 529 g/mol. The first-order valence-corrected chi connectivity index (χ1v) is 13.6. The second-order valence-electron chi connectivity index (χ2n) is 10.8. The maximum absolute atomic E-state index is 15.2. The Morgan fingerprint density at radius 2 is 1.89 bits per heavy atom. The Balaban J connectivity index is 1.39. The van der Waals surface area contributed by atoms with E-state index in [9.17, 15) is 12.8 Å². The Kier molecular flexibility index (Phi) is 6.00. The van der Waals surface area contributed by atoms with E-state index in [2.05, 4.69) is 23.7 Å². The number of hydrogen-bond acceptors (Lipinski definition) is 5. The average Bonchev–Trinajstić information content (AvgIpc) is 3.34. The Bertz CT molecular complexity index is 1280. The number of nitrogens with one attached hydrogen (secondary N) is 1. The monoisotopic (exact) mass is 528 g/mol. The van der Waals surface area contributed by atoms with E-state index in [1.165, 1.54) is 12.1 Å². The highest BCUT2D eigenvalue weighted by Gasteiger charge is 2.54. The van der Waals surface area contributed by atoms with Crippen LogP contribution in [0.25, 0.3) is 0 Å². The zero-order valence-electron chi connectivity index (χ0n) is 19.6. The highest BCUT2D eigenvalue weighted by atomic mass is 35.5. The number of halogens is 4. The number of benzene rings is 1. The molecule has 11 heteroatoms. The summed E-state index contributed by atoms with van der Waals surface area (Å²) in [5.74, 6) is -3.97. The van der Waals surface area contributed by atoms with Crippen LogP contribution in [0, 0.1) is 28.4 Å². The minimum absolute atomic E-state index is 0.0477. The maximum Gasteiger partial charge on any atom is 0.268 e. The first-order chi connectivity index (χ1) is 16.4. The lowest BCUT2D eigenvalue weighted by Gasteiger charge is -2.52. The number of aromatic nitrogens is 1. The third-order valence-corrected chi connectivity index (χ3v) is 9.57. The van der Waals surface area contributed by atoms with E-state index in [4.69, 9.17) is 11.6 Å². The predicted molar refractivity (Wildman–Crippen MR) is 129 cm³/mol. The molecule has 1 aromatic heterocycles. The smallest absolute Gasteiger partial charge is 0.268 e. The number of nitrogens with zero attached hydrogens (tertiary/aromatic N) is 3. The molecular formula is C24H28ClF3N4O2S. The van der Waals surface area contributed by atoms with Gasteiger partial charge in [0.15, 0.2) is 10.7 Å². The second kappa shape index (κ2) is 8.52. The molecule has 190 valence electrons. The fraction of sp³-hybridized carbons (Fsp3) is 0.542. The van der Waals surface area contributed by atoms with Gasteiger partial charge in [-0.05, 0) is 49.8 Å². The van der Waals surface area contributed by atoms with E-state index in [0.717, 1.165) is 50.9 Å². The van der Waals surface area contributed by atoms with Crippen LogP contribution in [0.1, 0.15) is 39.5 Å². The zero-order valence-corrected chi connectivity index (χ0v) is 21.2. The number of rotatable bonds is 5. The lowest BCUT2D eigenvalue weighted by molar-refractivity contribution is -0.00273. The van der Waals surface area contributed by atoms with Gasteiger partial charge in [-0.3, -0.25) is 9.62 Å². The third-order valence-electron chi connectivity index (χ3n) is 7.82. The third kappa shape index (κ3) is 4.38. The van der Waals surface area contributed by atoms with E-state index in [1.54, 1.807) is 0 Å². The topological polar surface area (TPSA) is 65.5 Å². The number of likely N-dealkylation sites (tertiary alicyclic amines) is 1. The summed E-state index contributed by atoms with van der Waals surface area (Å²) in [4.78, 5) is 6.58.